The molecule has 0 radical (unpaired) electrons. The Balaban J connectivity index is 1.95. The molecule has 0 saturated carbocycles. The highest BCUT2D eigenvalue weighted by atomic mass is 19.1. The smallest absolute Gasteiger partial charge is 0.292 e. The van der Waals surface area contributed by atoms with Crippen LogP contribution in [0.4, 0.5) is 20.8 Å². The first-order valence-corrected chi connectivity index (χ1v) is 4.43. The summed E-state index contributed by atoms with van der Waals surface area (Å²) in [6.07, 6.45) is 2.53. The van der Waals surface area contributed by atoms with Crippen LogP contribution in [0.15, 0.2) is 30.6 Å². The second-order valence-corrected chi connectivity index (χ2v) is 2.91. The van der Waals surface area contributed by atoms with Gasteiger partial charge in [0.15, 0.2) is 0 Å². The lowest BCUT2D eigenvalue weighted by atomic mass is 10.4. The molecule has 7 heteroatoms. The zero-order valence-electron chi connectivity index (χ0n) is 8.07. The third-order valence-electron chi connectivity index (χ3n) is 1.72. The minimum atomic E-state index is -0.483. The summed E-state index contributed by atoms with van der Waals surface area (Å²) >= 11 is 0. The van der Waals surface area contributed by atoms with E-state index in [0.717, 1.165) is 6.20 Å². The molecule has 0 aromatic carbocycles. The van der Waals surface area contributed by atoms with Crippen LogP contribution in [0, 0.1) is 5.82 Å². The molecule has 2 heterocycles. The molecule has 2 amide bonds. The molecule has 0 aliphatic heterocycles. The molecule has 0 aliphatic carbocycles. The van der Waals surface area contributed by atoms with Crippen molar-refractivity contribution in [2.45, 2.75) is 0 Å². The molecule has 0 spiro atoms. The second-order valence-electron chi connectivity index (χ2n) is 2.91. The largest absolute Gasteiger partial charge is 0.326 e. The lowest BCUT2D eigenvalue weighted by molar-refractivity contribution is 0.262. The number of amides is 2. The van der Waals surface area contributed by atoms with Gasteiger partial charge in [-0.15, -0.1) is 0 Å². The molecule has 3 N–H and O–H groups in total. The van der Waals surface area contributed by atoms with Crippen LogP contribution in [0.3, 0.4) is 0 Å². The summed E-state index contributed by atoms with van der Waals surface area (Å²) in [7, 11) is 0. The van der Waals surface area contributed by atoms with Gasteiger partial charge in [-0.05, 0) is 12.1 Å². The highest BCUT2D eigenvalue weighted by molar-refractivity contribution is 5.98. The number of halogens is 1. The van der Waals surface area contributed by atoms with Gasteiger partial charge in [-0.3, -0.25) is 15.7 Å². The molecular weight excluding hydrogens is 213 g/mol. The van der Waals surface area contributed by atoms with Crippen molar-refractivity contribution < 1.29 is 9.18 Å². The van der Waals surface area contributed by atoms with E-state index in [4.69, 9.17) is 0 Å². The van der Waals surface area contributed by atoms with Crippen LogP contribution in [0.5, 0.6) is 0 Å². The van der Waals surface area contributed by atoms with Gasteiger partial charge in [0, 0.05) is 6.07 Å². The van der Waals surface area contributed by atoms with Gasteiger partial charge in [-0.2, -0.15) is 5.10 Å². The number of nitrogens with zero attached hydrogens (tertiary/aromatic N) is 2. The first-order chi connectivity index (χ1) is 7.74. The van der Waals surface area contributed by atoms with Gasteiger partial charge in [-0.25, -0.2) is 14.2 Å². The minimum absolute atomic E-state index is 0.262. The Bertz CT molecular complexity index is 467. The zero-order valence-corrected chi connectivity index (χ0v) is 8.07. The van der Waals surface area contributed by atoms with E-state index in [1.165, 1.54) is 18.3 Å². The Morgan fingerprint density at radius 3 is 2.81 bits per heavy atom. The fraction of sp³-hybridized carbons (Fsp3) is 0. The van der Waals surface area contributed by atoms with Crippen molar-refractivity contribution in [3.8, 4) is 0 Å². The number of H-pyrrole nitrogens is 1. The standard InChI is InChI=1S/C9H8FN5O/c10-6-1-2-7(11-5-6)13-9(16)14-8-3-4-12-15-8/h1-5H,(H3,11,12,13,14,15,16). The van der Waals surface area contributed by atoms with Crippen LogP contribution >= 0.6 is 0 Å². The lowest BCUT2D eigenvalue weighted by Crippen LogP contribution is -2.20. The van der Waals surface area contributed by atoms with Crippen molar-refractivity contribution in [1.29, 1.82) is 0 Å². The molecule has 0 unspecified atom stereocenters. The van der Waals surface area contributed by atoms with E-state index >= 15 is 0 Å². The van der Waals surface area contributed by atoms with Gasteiger partial charge in [-0.1, -0.05) is 0 Å². The van der Waals surface area contributed by atoms with Crippen molar-refractivity contribution >= 4 is 17.7 Å². The molecule has 0 aliphatic rings. The number of aromatic nitrogens is 3. The lowest BCUT2D eigenvalue weighted by Gasteiger charge is -2.04. The summed E-state index contributed by atoms with van der Waals surface area (Å²) in [5, 5.41) is 11.1. The van der Waals surface area contributed by atoms with E-state index in [1.54, 1.807) is 6.07 Å². The maximum atomic E-state index is 12.5. The Morgan fingerprint density at radius 1 is 1.31 bits per heavy atom. The van der Waals surface area contributed by atoms with Gasteiger partial charge in [0.05, 0.1) is 12.4 Å². The normalized spacial score (nSPS) is 9.81. The Hall–Kier alpha value is -2.44. The Labute approximate surface area is 89.9 Å². The average Bonchev–Trinajstić information content (AvgIpc) is 2.74. The summed E-state index contributed by atoms with van der Waals surface area (Å²) < 4.78 is 12.5. The minimum Gasteiger partial charge on any atom is -0.292 e. The van der Waals surface area contributed by atoms with Crippen LogP contribution in [-0.2, 0) is 0 Å². The van der Waals surface area contributed by atoms with Crippen LogP contribution in [0.25, 0.3) is 0 Å². The molecule has 2 rings (SSSR count). The monoisotopic (exact) mass is 221 g/mol. The van der Waals surface area contributed by atoms with Gasteiger partial charge in [0.1, 0.15) is 17.5 Å². The first-order valence-electron chi connectivity index (χ1n) is 4.43. The molecule has 82 valence electrons. The molecule has 2 aromatic heterocycles. The SMILES string of the molecule is O=C(Nc1ccc(F)cn1)Nc1ccn[nH]1. The molecule has 16 heavy (non-hydrogen) atoms. The highest BCUT2D eigenvalue weighted by Crippen LogP contribution is 2.05. The number of carbonyl (C=O) groups is 1. The van der Waals surface area contributed by atoms with Crippen molar-refractivity contribution in [2.24, 2.45) is 0 Å². The molecule has 0 atom stereocenters. The van der Waals surface area contributed by atoms with E-state index in [1.807, 2.05) is 0 Å². The molecular formula is C9H8FN5O. The molecule has 2 aromatic rings. The molecule has 6 nitrogen and oxygen atoms in total. The molecule has 0 fully saturated rings. The number of rotatable bonds is 2. The zero-order chi connectivity index (χ0) is 11.4. The number of urea groups is 1. The highest BCUT2D eigenvalue weighted by Gasteiger charge is 2.03. The van der Waals surface area contributed by atoms with E-state index in [0.29, 0.717) is 5.82 Å². The maximum Gasteiger partial charge on any atom is 0.326 e. The van der Waals surface area contributed by atoms with E-state index < -0.39 is 11.8 Å². The maximum absolute atomic E-state index is 12.5. The fourth-order valence-corrected chi connectivity index (χ4v) is 1.05. The van der Waals surface area contributed by atoms with Crippen molar-refractivity contribution in [3.63, 3.8) is 0 Å². The second kappa shape index (κ2) is 4.39. The fourth-order valence-electron chi connectivity index (χ4n) is 1.05. The molecule has 0 bridgehead atoms. The van der Waals surface area contributed by atoms with Crippen molar-refractivity contribution in [3.05, 3.63) is 36.4 Å². The summed E-state index contributed by atoms with van der Waals surface area (Å²) in [6.45, 7) is 0. The van der Waals surface area contributed by atoms with Gasteiger partial charge in [0.25, 0.3) is 0 Å². The van der Waals surface area contributed by atoms with Crippen LogP contribution in [-0.4, -0.2) is 21.2 Å². The summed E-state index contributed by atoms with van der Waals surface area (Å²) in [5.41, 5.74) is 0. The van der Waals surface area contributed by atoms with Gasteiger partial charge in [0.2, 0.25) is 0 Å². The van der Waals surface area contributed by atoms with E-state index in [9.17, 15) is 9.18 Å². The topological polar surface area (TPSA) is 82.7 Å². The quantitative estimate of drug-likeness (QED) is 0.720. The van der Waals surface area contributed by atoms with Crippen LogP contribution < -0.4 is 10.6 Å². The predicted octanol–water partition coefficient (Wildman–Crippen LogP) is 1.59. The number of carbonyl (C=O) groups excluding carboxylic acids is 1. The first kappa shape index (κ1) is 10.1. The van der Waals surface area contributed by atoms with Crippen molar-refractivity contribution in [2.75, 3.05) is 10.6 Å². The van der Waals surface area contributed by atoms with Gasteiger partial charge < -0.3 is 0 Å². The van der Waals surface area contributed by atoms with Crippen molar-refractivity contribution in [1.82, 2.24) is 15.2 Å². The summed E-state index contributed by atoms with van der Waals surface area (Å²) in [6, 6.07) is 3.68. The predicted molar refractivity (Wildman–Crippen MR) is 55.4 cm³/mol. The average molecular weight is 221 g/mol. The summed E-state index contributed by atoms with van der Waals surface area (Å²) in [4.78, 5) is 15.0. The van der Waals surface area contributed by atoms with E-state index in [2.05, 4.69) is 25.8 Å². The van der Waals surface area contributed by atoms with Gasteiger partial charge >= 0.3 is 6.03 Å². The Morgan fingerprint density at radius 2 is 2.19 bits per heavy atom. The number of pyridine rings is 1. The van der Waals surface area contributed by atoms with Crippen LogP contribution in [0.1, 0.15) is 0 Å². The number of nitrogens with one attached hydrogen (secondary N) is 3. The number of aromatic amines is 1. The number of anilines is 2. The number of hydrogen-bond donors (Lipinski definition) is 3. The summed E-state index contributed by atoms with van der Waals surface area (Å²) in [5.74, 6) is 0.262. The molecule has 0 saturated heterocycles. The Kier molecular flexibility index (Phi) is 2.77. The third kappa shape index (κ3) is 2.53. The third-order valence-corrected chi connectivity index (χ3v) is 1.72. The number of hydrogen-bond acceptors (Lipinski definition) is 3. The van der Waals surface area contributed by atoms with E-state index in [-0.39, 0.29) is 5.82 Å². The van der Waals surface area contributed by atoms with Crippen LogP contribution in [0.2, 0.25) is 0 Å².